The van der Waals surface area contributed by atoms with Gasteiger partial charge in [-0.1, -0.05) is 37.3 Å². The van der Waals surface area contributed by atoms with Gasteiger partial charge >= 0.3 is 12.1 Å². The summed E-state index contributed by atoms with van der Waals surface area (Å²) in [5.74, 6) is -0.111. The molecule has 10 nitrogen and oxygen atoms in total. The average Bonchev–Trinajstić information content (AvgIpc) is 2.94. The number of rotatable bonds is 8. The second-order valence-corrected chi connectivity index (χ2v) is 10.1. The fraction of sp³-hybridized carbons (Fsp3) is 0.300. The van der Waals surface area contributed by atoms with Crippen molar-refractivity contribution < 1.29 is 19.1 Å². The summed E-state index contributed by atoms with van der Waals surface area (Å²) in [7, 11) is 1.30. The van der Waals surface area contributed by atoms with Gasteiger partial charge in [0.05, 0.1) is 29.7 Å². The monoisotopic (exact) mass is 543 g/mol. The molecule has 0 spiro atoms. The van der Waals surface area contributed by atoms with Gasteiger partial charge in [-0.25, -0.2) is 19.6 Å². The van der Waals surface area contributed by atoms with Crippen molar-refractivity contribution in [2.75, 3.05) is 12.4 Å². The molecule has 2 aromatic carbocycles. The Morgan fingerprint density at radius 1 is 1.02 bits per heavy atom. The maximum absolute atomic E-state index is 14.1. The number of esters is 1. The lowest BCUT2D eigenvalue weighted by Crippen LogP contribution is -2.37. The van der Waals surface area contributed by atoms with Crippen molar-refractivity contribution in [1.82, 2.24) is 19.9 Å². The van der Waals surface area contributed by atoms with Gasteiger partial charge in [0, 0.05) is 18.4 Å². The van der Waals surface area contributed by atoms with Crippen molar-refractivity contribution in [2.45, 2.75) is 52.3 Å². The number of fused-ring (bicyclic) bond motifs is 1. The summed E-state index contributed by atoms with van der Waals surface area (Å²) in [6.45, 7) is 7.64. The Hall–Kier alpha value is -4.73. The van der Waals surface area contributed by atoms with E-state index in [1.807, 2.05) is 49.4 Å². The number of amides is 1. The summed E-state index contributed by atoms with van der Waals surface area (Å²) in [5, 5.41) is 6.59. The number of anilines is 1. The number of carbonyl (C=O) groups is 2. The third-order valence-corrected chi connectivity index (χ3v) is 6.05. The lowest BCUT2D eigenvalue weighted by molar-refractivity contribution is 0.0498. The van der Waals surface area contributed by atoms with E-state index in [9.17, 15) is 14.4 Å². The molecule has 4 aromatic rings. The molecule has 2 aromatic heterocycles. The number of aromatic nitrogens is 3. The molecule has 1 amide bonds. The smallest absolute Gasteiger partial charge is 0.408 e. The van der Waals surface area contributed by atoms with Crippen molar-refractivity contribution in [3.63, 3.8) is 0 Å². The van der Waals surface area contributed by atoms with Crippen molar-refractivity contribution >= 4 is 28.7 Å². The maximum atomic E-state index is 14.1. The number of pyridine rings is 1. The molecule has 1 atom stereocenters. The molecule has 0 bridgehead atoms. The number of para-hydroxylation sites is 1. The van der Waals surface area contributed by atoms with Crippen LogP contribution in [-0.4, -0.2) is 39.3 Å². The zero-order chi connectivity index (χ0) is 28.9. The predicted octanol–water partition coefficient (Wildman–Crippen LogP) is 5.16. The topological polar surface area (TPSA) is 124 Å². The highest BCUT2D eigenvalue weighted by Crippen LogP contribution is 2.25. The van der Waals surface area contributed by atoms with Gasteiger partial charge in [-0.3, -0.25) is 9.36 Å². The maximum Gasteiger partial charge on any atom is 0.408 e. The van der Waals surface area contributed by atoms with E-state index in [0.29, 0.717) is 41.1 Å². The highest BCUT2D eigenvalue weighted by atomic mass is 16.6. The van der Waals surface area contributed by atoms with E-state index >= 15 is 0 Å². The fourth-order valence-corrected chi connectivity index (χ4v) is 4.21. The number of methoxy groups -OCH3 is 1. The number of alkyl carbamates (subject to hydrolysis) is 1. The zero-order valence-electron chi connectivity index (χ0n) is 23.2. The van der Waals surface area contributed by atoms with Crippen LogP contribution in [0.1, 0.15) is 62.0 Å². The van der Waals surface area contributed by atoms with Crippen LogP contribution in [0.2, 0.25) is 0 Å². The predicted molar refractivity (Wildman–Crippen MR) is 153 cm³/mol. The van der Waals surface area contributed by atoms with Gasteiger partial charge in [-0.2, -0.15) is 0 Å². The molecule has 10 heteroatoms. The average molecular weight is 544 g/mol. The quantitative estimate of drug-likeness (QED) is 0.292. The molecule has 0 aliphatic carbocycles. The number of nitrogens with zero attached hydrogens (tertiary/aromatic N) is 3. The molecule has 40 heavy (non-hydrogen) atoms. The van der Waals surface area contributed by atoms with Gasteiger partial charge in [0.1, 0.15) is 17.1 Å². The Morgan fingerprint density at radius 3 is 2.40 bits per heavy atom. The SMILES string of the molecule is CC[C@H](NC(=O)OC(C)(C)C)c1nc2cccc(NCc3ccc(C(=O)OC)nc3)c2c(=O)n1-c1ccccc1. The highest BCUT2D eigenvalue weighted by Gasteiger charge is 2.25. The molecule has 0 radical (unpaired) electrons. The second-order valence-electron chi connectivity index (χ2n) is 10.1. The molecule has 4 rings (SSSR count). The molecular formula is C30H33N5O5. The van der Waals surface area contributed by atoms with Gasteiger partial charge in [-0.05, 0) is 63.1 Å². The normalized spacial score (nSPS) is 12.0. The van der Waals surface area contributed by atoms with E-state index in [-0.39, 0.29) is 11.3 Å². The van der Waals surface area contributed by atoms with E-state index in [2.05, 4.69) is 15.6 Å². The lowest BCUT2D eigenvalue weighted by atomic mass is 10.1. The summed E-state index contributed by atoms with van der Waals surface area (Å²) < 4.78 is 11.7. The molecule has 2 heterocycles. The van der Waals surface area contributed by atoms with E-state index in [1.165, 1.54) is 11.7 Å². The van der Waals surface area contributed by atoms with E-state index < -0.39 is 23.7 Å². The van der Waals surface area contributed by atoms with E-state index in [0.717, 1.165) is 5.56 Å². The molecule has 0 fully saturated rings. The summed E-state index contributed by atoms with van der Waals surface area (Å²) >= 11 is 0. The number of nitrogens with one attached hydrogen (secondary N) is 2. The minimum absolute atomic E-state index is 0.212. The Kier molecular flexibility index (Phi) is 8.47. The second kappa shape index (κ2) is 12.0. The summed E-state index contributed by atoms with van der Waals surface area (Å²) in [6.07, 6.45) is 1.48. The minimum atomic E-state index is -0.673. The van der Waals surface area contributed by atoms with Crippen molar-refractivity contribution in [3.8, 4) is 5.69 Å². The standard InChI is InChI=1S/C30H33N5O5/c1-6-21(34-29(38)40-30(2,3)4)26-33-23-14-10-13-22(25(23)27(36)35(26)20-11-8-7-9-12-20)31-17-19-15-16-24(32-18-19)28(37)39-5/h7-16,18,21,31H,6,17H2,1-5H3,(H,34,38)/t21-/m0/s1. The van der Waals surface area contributed by atoms with Crippen molar-refractivity contribution in [2.24, 2.45) is 0 Å². The number of hydrogen-bond donors (Lipinski definition) is 2. The first-order chi connectivity index (χ1) is 19.1. The number of ether oxygens (including phenoxy) is 2. The van der Waals surface area contributed by atoms with Crippen LogP contribution in [0.4, 0.5) is 10.5 Å². The largest absolute Gasteiger partial charge is 0.464 e. The highest BCUT2D eigenvalue weighted by molar-refractivity contribution is 5.91. The first-order valence-electron chi connectivity index (χ1n) is 13.0. The summed E-state index contributed by atoms with van der Waals surface area (Å²) in [4.78, 5) is 47.5. The molecule has 2 N–H and O–H groups in total. The molecule has 0 saturated heterocycles. The number of carbonyl (C=O) groups excluding carboxylic acids is 2. The fourth-order valence-electron chi connectivity index (χ4n) is 4.21. The van der Waals surface area contributed by atoms with Crippen LogP contribution in [-0.2, 0) is 16.0 Å². The summed E-state index contributed by atoms with van der Waals surface area (Å²) in [6, 6.07) is 17.4. The minimum Gasteiger partial charge on any atom is -0.464 e. The Morgan fingerprint density at radius 2 is 1.77 bits per heavy atom. The van der Waals surface area contributed by atoms with Crippen molar-refractivity contribution in [1.29, 1.82) is 0 Å². The van der Waals surface area contributed by atoms with Crippen LogP contribution >= 0.6 is 0 Å². The van der Waals surface area contributed by atoms with Crippen LogP contribution in [0, 0.1) is 0 Å². The van der Waals surface area contributed by atoms with Crippen LogP contribution in [0.3, 0.4) is 0 Å². The summed E-state index contributed by atoms with van der Waals surface area (Å²) in [5.41, 5.74) is 1.78. The first kappa shape index (κ1) is 28.3. The van der Waals surface area contributed by atoms with Gasteiger partial charge in [-0.15, -0.1) is 0 Å². The van der Waals surface area contributed by atoms with Gasteiger partial charge in [0.25, 0.3) is 5.56 Å². The Bertz CT molecular complexity index is 1560. The van der Waals surface area contributed by atoms with Crippen LogP contribution in [0.15, 0.2) is 71.7 Å². The van der Waals surface area contributed by atoms with E-state index in [1.54, 1.807) is 45.2 Å². The van der Waals surface area contributed by atoms with Crippen LogP contribution < -0.4 is 16.2 Å². The van der Waals surface area contributed by atoms with Crippen LogP contribution in [0.5, 0.6) is 0 Å². The molecular weight excluding hydrogens is 510 g/mol. The molecule has 0 aliphatic heterocycles. The van der Waals surface area contributed by atoms with Gasteiger partial charge in [0.15, 0.2) is 0 Å². The van der Waals surface area contributed by atoms with Gasteiger partial charge < -0.3 is 20.1 Å². The third kappa shape index (κ3) is 6.45. The van der Waals surface area contributed by atoms with E-state index in [4.69, 9.17) is 14.5 Å². The molecule has 0 aliphatic rings. The van der Waals surface area contributed by atoms with Crippen molar-refractivity contribution in [3.05, 3.63) is 94.3 Å². The molecule has 208 valence electrons. The Labute approximate surface area is 232 Å². The Balaban J connectivity index is 1.76. The zero-order valence-corrected chi connectivity index (χ0v) is 23.2. The third-order valence-electron chi connectivity index (χ3n) is 6.05. The molecule has 0 unspecified atom stereocenters. The number of hydrogen-bond acceptors (Lipinski definition) is 8. The number of benzene rings is 2. The molecule has 0 saturated carbocycles. The van der Waals surface area contributed by atoms with Gasteiger partial charge in [0.2, 0.25) is 0 Å². The lowest BCUT2D eigenvalue weighted by Gasteiger charge is -2.25. The van der Waals surface area contributed by atoms with Crippen LogP contribution in [0.25, 0.3) is 16.6 Å². The first-order valence-corrected chi connectivity index (χ1v) is 13.0.